The van der Waals surface area contributed by atoms with E-state index in [1.165, 1.54) is 24.8 Å². The smallest absolute Gasteiger partial charge is 0.0858 e. The molecule has 0 aromatic heterocycles. The molecule has 2 aliphatic carbocycles. The average Bonchev–Trinajstić information content (AvgIpc) is 3.22. The summed E-state index contributed by atoms with van der Waals surface area (Å²) in [5, 5.41) is 10.8. The summed E-state index contributed by atoms with van der Waals surface area (Å²) < 4.78 is 0. The molecule has 0 aliphatic heterocycles. The first-order valence-electron chi connectivity index (χ1n) is 7.62. The number of nitrogens with two attached hydrogens (primary N) is 1. The fraction of sp³-hybridized carbons (Fsp3) is 0.647. The van der Waals surface area contributed by atoms with Crippen LogP contribution in [-0.4, -0.2) is 11.7 Å². The van der Waals surface area contributed by atoms with E-state index in [0.29, 0.717) is 12.5 Å². The van der Waals surface area contributed by atoms with Crippen molar-refractivity contribution >= 4 is 0 Å². The normalized spacial score (nSPS) is 32.5. The van der Waals surface area contributed by atoms with Crippen LogP contribution in [0.15, 0.2) is 24.3 Å². The van der Waals surface area contributed by atoms with Gasteiger partial charge in [0, 0.05) is 12.0 Å². The summed E-state index contributed by atoms with van der Waals surface area (Å²) in [4.78, 5) is 0. The number of hydrogen-bond acceptors (Lipinski definition) is 2. The van der Waals surface area contributed by atoms with Crippen molar-refractivity contribution < 1.29 is 5.11 Å². The predicted molar refractivity (Wildman–Crippen MR) is 77.9 cm³/mol. The minimum atomic E-state index is -0.407. The lowest BCUT2D eigenvalue weighted by Crippen LogP contribution is -2.34. The maximum absolute atomic E-state index is 10.8. The largest absolute Gasteiger partial charge is 0.388 e. The SMILES string of the molecule is CC1CCC(CN)(C(O)c2ccc(C3CC3)cc2)C1. The van der Waals surface area contributed by atoms with Crippen LogP contribution in [0.3, 0.4) is 0 Å². The summed E-state index contributed by atoms with van der Waals surface area (Å²) in [7, 11) is 0. The van der Waals surface area contributed by atoms with Gasteiger partial charge in [-0.3, -0.25) is 0 Å². The van der Waals surface area contributed by atoms with Crippen LogP contribution in [-0.2, 0) is 0 Å². The van der Waals surface area contributed by atoms with Gasteiger partial charge >= 0.3 is 0 Å². The first-order chi connectivity index (χ1) is 9.14. The van der Waals surface area contributed by atoms with E-state index in [9.17, 15) is 5.11 Å². The van der Waals surface area contributed by atoms with Crippen molar-refractivity contribution in [3.63, 3.8) is 0 Å². The fourth-order valence-electron chi connectivity index (χ4n) is 3.70. The molecule has 3 N–H and O–H groups in total. The highest BCUT2D eigenvalue weighted by Gasteiger charge is 2.42. The molecule has 3 unspecified atom stereocenters. The summed E-state index contributed by atoms with van der Waals surface area (Å²) in [5.74, 6) is 1.46. The van der Waals surface area contributed by atoms with Gasteiger partial charge in [0.1, 0.15) is 0 Å². The summed E-state index contributed by atoms with van der Waals surface area (Å²) in [6.07, 6.45) is 5.54. The maximum Gasteiger partial charge on any atom is 0.0858 e. The second kappa shape index (κ2) is 4.92. The number of rotatable bonds is 4. The monoisotopic (exact) mass is 259 g/mol. The third-order valence-corrected chi connectivity index (χ3v) is 5.18. The lowest BCUT2D eigenvalue weighted by molar-refractivity contribution is 0.0308. The summed E-state index contributed by atoms with van der Waals surface area (Å²) >= 11 is 0. The molecule has 3 rings (SSSR count). The Hall–Kier alpha value is -0.860. The van der Waals surface area contributed by atoms with Crippen LogP contribution in [0.25, 0.3) is 0 Å². The van der Waals surface area contributed by atoms with Crippen LogP contribution in [0.4, 0.5) is 0 Å². The van der Waals surface area contributed by atoms with Gasteiger partial charge in [0.05, 0.1) is 6.10 Å². The molecule has 104 valence electrons. The van der Waals surface area contributed by atoms with E-state index >= 15 is 0 Å². The van der Waals surface area contributed by atoms with Crippen molar-refractivity contribution in [3.05, 3.63) is 35.4 Å². The van der Waals surface area contributed by atoms with Crippen LogP contribution in [0.1, 0.15) is 62.2 Å². The van der Waals surface area contributed by atoms with Gasteiger partial charge in [0.25, 0.3) is 0 Å². The minimum absolute atomic E-state index is 0.0967. The van der Waals surface area contributed by atoms with E-state index in [1.807, 2.05) is 0 Å². The standard InChI is InChI=1S/C17H25NO/c1-12-8-9-17(10-12,11-18)16(19)15-6-4-14(5-7-15)13-2-3-13/h4-7,12-13,16,19H,2-3,8-11,18H2,1H3. The Bertz CT molecular complexity index is 437. The molecule has 0 bridgehead atoms. The summed E-state index contributed by atoms with van der Waals surface area (Å²) in [6, 6.07) is 8.61. The molecular weight excluding hydrogens is 234 g/mol. The number of aliphatic hydroxyl groups excluding tert-OH is 1. The van der Waals surface area contributed by atoms with Crippen LogP contribution < -0.4 is 5.73 Å². The Morgan fingerprint density at radius 3 is 2.42 bits per heavy atom. The molecule has 2 saturated carbocycles. The number of hydrogen-bond donors (Lipinski definition) is 2. The summed E-state index contributed by atoms with van der Waals surface area (Å²) in [6.45, 7) is 2.85. The van der Waals surface area contributed by atoms with E-state index in [0.717, 1.165) is 24.3 Å². The Balaban J connectivity index is 1.79. The maximum atomic E-state index is 10.8. The molecule has 2 heteroatoms. The molecule has 0 saturated heterocycles. The van der Waals surface area contributed by atoms with Gasteiger partial charge in [-0.2, -0.15) is 0 Å². The van der Waals surface area contributed by atoms with Gasteiger partial charge in [-0.05, 0) is 48.6 Å². The molecule has 2 fully saturated rings. The first kappa shape index (κ1) is 13.1. The Kier molecular flexibility index (Phi) is 3.40. The second-order valence-electron chi connectivity index (χ2n) is 6.76. The van der Waals surface area contributed by atoms with Gasteiger partial charge in [-0.15, -0.1) is 0 Å². The molecule has 2 aliphatic rings. The molecule has 0 radical (unpaired) electrons. The second-order valence-corrected chi connectivity index (χ2v) is 6.76. The predicted octanol–water partition coefficient (Wildman–Crippen LogP) is 3.36. The van der Waals surface area contributed by atoms with E-state index in [1.54, 1.807) is 0 Å². The van der Waals surface area contributed by atoms with E-state index < -0.39 is 6.10 Å². The van der Waals surface area contributed by atoms with Crippen LogP contribution in [0, 0.1) is 11.3 Å². The van der Waals surface area contributed by atoms with Gasteiger partial charge in [-0.1, -0.05) is 37.6 Å². The van der Waals surface area contributed by atoms with Crippen LogP contribution in [0.2, 0.25) is 0 Å². The van der Waals surface area contributed by atoms with E-state index in [-0.39, 0.29) is 5.41 Å². The van der Waals surface area contributed by atoms with Crippen molar-refractivity contribution in [1.29, 1.82) is 0 Å². The Morgan fingerprint density at radius 2 is 1.95 bits per heavy atom. The molecular formula is C17H25NO. The zero-order chi connectivity index (χ0) is 13.5. The fourth-order valence-corrected chi connectivity index (χ4v) is 3.70. The highest BCUT2D eigenvalue weighted by Crippen LogP contribution is 2.49. The third-order valence-electron chi connectivity index (χ3n) is 5.18. The molecule has 1 aromatic rings. The van der Waals surface area contributed by atoms with Gasteiger partial charge in [0.15, 0.2) is 0 Å². The van der Waals surface area contributed by atoms with Crippen LogP contribution >= 0.6 is 0 Å². The van der Waals surface area contributed by atoms with E-state index in [2.05, 4.69) is 31.2 Å². The number of aliphatic hydroxyl groups is 1. The van der Waals surface area contributed by atoms with Crippen LogP contribution in [0.5, 0.6) is 0 Å². The van der Waals surface area contributed by atoms with Gasteiger partial charge in [0.2, 0.25) is 0 Å². The van der Waals surface area contributed by atoms with Crippen molar-refractivity contribution in [2.75, 3.05) is 6.54 Å². The van der Waals surface area contributed by atoms with Gasteiger partial charge in [-0.25, -0.2) is 0 Å². The average molecular weight is 259 g/mol. The Labute approximate surface area is 116 Å². The molecule has 0 amide bonds. The van der Waals surface area contributed by atoms with Gasteiger partial charge < -0.3 is 10.8 Å². The third kappa shape index (κ3) is 2.44. The summed E-state index contributed by atoms with van der Waals surface area (Å²) in [5.41, 5.74) is 8.37. The lowest BCUT2D eigenvalue weighted by Gasteiger charge is -2.33. The van der Waals surface area contributed by atoms with E-state index in [4.69, 9.17) is 5.73 Å². The zero-order valence-electron chi connectivity index (χ0n) is 11.8. The quantitative estimate of drug-likeness (QED) is 0.871. The molecule has 19 heavy (non-hydrogen) atoms. The van der Waals surface area contributed by atoms with Crippen molar-refractivity contribution in [2.24, 2.45) is 17.1 Å². The van der Waals surface area contributed by atoms with Crippen molar-refractivity contribution in [2.45, 2.75) is 51.0 Å². The zero-order valence-corrected chi connectivity index (χ0v) is 11.8. The minimum Gasteiger partial charge on any atom is -0.388 e. The van der Waals surface area contributed by atoms with Crippen molar-refractivity contribution in [3.8, 4) is 0 Å². The lowest BCUT2D eigenvalue weighted by atomic mass is 9.76. The molecule has 0 heterocycles. The molecule has 0 spiro atoms. The number of benzene rings is 1. The topological polar surface area (TPSA) is 46.2 Å². The molecule has 3 atom stereocenters. The van der Waals surface area contributed by atoms with Crippen molar-refractivity contribution in [1.82, 2.24) is 0 Å². The molecule has 2 nitrogen and oxygen atoms in total. The highest BCUT2D eigenvalue weighted by atomic mass is 16.3. The molecule has 1 aromatic carbocycles. The Morgan fingerprint density at radius 1 is 1.26 bits per heavy atom. The first-order valence-corrected chi connectivity index (χ1v) is 7.62. The highest BCUT2D eigenvalue weighted by molar-refractivity contribution is 5.30.